The molecule has 0 spiro atoms. The van der Waals surface area contributed by atoms with E-state index >= 15 is 0 Å². The number of nitrogens with one attached hydrogen (secondary N) is 1. The number of hydrogen-bond acceptors (Lipinski definition) is 3. The summed E-state index contributed by atoms with van der Waals surface area (Å²) >= 11 is 0. The van der Waals surface area contributed by atoms with E-state index in [4.69, 9.17) is 4.42 Å². The summed E-state index contributed by atoms with van der Waals surface area (Å²) in [5.74, 6) is 0.733. The van der Waals surface area contributed by atoms with Crippen LogP contribution >= 0.6 is 0 Å². The lowest BCUT2D eigenvalue weighted by Gasteiger charge is -2.30. The Balaban J connectivity index is 1.67. The second kappa shape index (κ2) is 5.87. The third kappa shape index (κ3) is 3.60. The van der Waals surface area contributed by atoms with Gasteiger partial charge in [-0.3, -0.25) is 4.79 Å². The molecule has 0 saturated carbocycles. The molecule has 2 heterocycles. The fourth-order valence-corrected chi connectivity index (χ4v) is 2.31. The van der Waals surface area contributed by atoms with Gasteiger partial charge in [-0.2, -0.15) is 0 Å². The quantitative estimate of drug-likeness (QED) is 0.866. The van der Waals surface area contributed by atoms with Crippen molar-refractivity contribution in [1.82, 2.24) is 10.2 Å². The predicted molar refractivity (Wildman–Crippen MR) is 65.9 cm³/mol. The first-order valence-electron chi connectivity index (χ1n) is 6.28. The normalized spacial score (nSPS) is 21.4. The topological polar surface area (TPSA) is 45.5 Å². The van der Waals surface area contributed by atoms with Gasteiger partial charge in [0.1, 0.15) is 6.26 Å². The maximum Gasteiger partial charge on any atom is 0.254 e. The summed E-state index contributed by atoms with van der Waals surface area (Å²) in [7, 11) is 0. The highest BCUT2D eigenvalue weighted by Gasteiger charge is 2.15. The van der Waals surface area contributed by atoms with E-state index in [2.05, 4.69) is 17.1 Å². The van der Waals surface area contributed by atoms with Crippen molar-refractivity contribution in [2.45, 2.75) is 19.8 Å². The van der Waals surface area contributed by atoms with Gasteiger partial charge in [0.05, 0.1) is 11.8 Å². The van der Waals surface area contributed by atoms with Crippen LogP contribution in [-0.4, -0.2) is 37.0 Å². The highest BCUT2D eigenvalue weighted by atomic mass is 16.3. The number of likely N-dealkylation sites (tertiary alicyclic amines) is 1. The Bertz CT molecular complexity index is 348. The van der Waals surface area contributed by atoms with Crippen molar-refractivity contribution in [3.05, 3.63) is 24.2 Å². The Labute approximate surface area is 102 Å². The van der Waals surface area contributed by atoms with Crippen LogP contribution in [0.3, 0.4) is 0 Å². The Kier molecular flexibility index (Phi) is 4.20. The first-order valence-corrected chi connectivity index (χ1v) is 6.28. The van der Waals surface area contributed by atoms with Crippen LogP contribution in [0, 0.1) is 5.92 Å². The van der Waals surface area contributed by atoms with Crippen LogP contribution < -0.4 is 5.32 Å². The van der Waals surface area contributed by atoms with Gasteiger partial charge in [0.2, 0.25) is 0 Å². The zero-order valence-corrected chi connectivity index (χ0v) is 10.3. The van der Waals surface area contributed by atoms with Crippen molar-refractivity contribution >= 4 is 5.91 Å². The number of rotatable bonds is 4. The van der Waals surface area contributed by atoms with Gasteiger partial charge in [-0.25, -0.2) is 0 Å². The standard InChI is InChI=1S/C13H20N2O2/c1-11-3-2-6-15(9-11)7-5-14-13(16)12-4-8-17-10-12/h4,8,10-11H,2-3,5-7,9H2,1H3,(H,14,16). The van der Waals surface area contributed by atoms with E-state index in [-0.39, 0.29) is 5.91 Å². The molecular weight excluding hydrogens is 216 g/mol. The van der Waals surface area contributed by atoms with Crippen molar-refractivity contribution in [2.75, 3.05) is 26.2 Å². The van der Waals surface area contributed by atoms with Gasteiger partial charge in [-0.05, 0) is 31.4 Å². The maximum absolute atomic E-state index is 11.6. The van der Waals surface area contributed by atoms with Gasteiger partial charge in [0.15, 0.2) is 0 Å². The molecule has 1 N–H and O–H groups in total. The van der Waals surface area contributed by atoms with E-state index in [9.17, 15) is 4.79 Å². The third-order valence-electron chi connectivity index (χ3n) is 3.24. The summed E-state index contributed by atoms with van der Waals surface area (Å²) in [6.07, 6.45) is 5.59. The van der Waals surface area contributed by atoms with Crippen molar-refractivity contribution in [1.29, 1.82) is 0 Å². The molecule has 1 aliphatic heterocycles. The average molecular weight is 236 g/mol. The number of amides is 1. The summed E-state index contributed by atoms with van der Waals surface area (Å²) in [6.45, 7) is 6.24. The highest BCUT2D eigenvalue weighted by molar-refractivity contribution is 5.93. The molecule has 4 nitrogen and oxygen atoms in total. The zero-order valence-electron chi connectivity index (χ0n) is 10.3. The van der Waals surface area contributed by atoms with Crippen LogP contribution in [0.4, 0.5) is 0 Å². The average Bonchev–Trinajstić information content (AvgIpc) is 2.82. The molecule has 1 aromatic heterocycles. The fraction of sp³-hybridized carbons (Fsp3) is 0.615. The molecule has 1 atom stereocenters. The fourth-order valence-electron chi connectivity index (χ4n) is 2.31. The van der Waals surface area contributed by atoms with Crippen LogP contribution in [0.25, 0.3) is 0 Å². The van der Waals surface area contributed by atoms with E-state index in [0.29, 0.717) is 12.1 Å². The first-order chi connectivity index (χ1) is 8.25. The summed E-state index contributed by atoms with van der Waals surface area (Å²) in [6, 6.07) is 1.68. The Hall–Kier alpha value is -1.29. The molecule has 0 aromatic carbocycles. The summed E-state index contributed by atoms with van der Waals surface area (Å²) in [5.41, 5.74) is 0.594. The molecular formula is C13H20N2O2. The second-order valence-corrected chi connectivity index (χ2v) is 4.82. The summed E-state index contributed by atoms with van der Waals surface area (Å²) in [5, 5.41) is 2.91. The molecule has 0 radical (unpaired) electrons. The van der Waals surface area contributed by atoms with Crippen molar-refractivity contribution in [3.63, 3.8) is 0 Å². The molecule has 17 heavy (non-hydrogen) atoms. The van der Waals surface area contributed by atoms with Crippen LogP contribution in [-0.2, 0) is 0 Å². The molecule has 1 saturated heterocycles. The lowest BCUT2D eigenvalue weighted by molar-refractivity contribution is 0.0943. The van der Waals surface area contributed by atoms with Crippen LogP contribution in [0.15, 0.2) is 23.0 Å². The molecule has 2 rings (SSSR count). The van der Waals surface area contributed by atoms with Crippen LogP contribution in [0.5, 0.6) is 0 Å². The number of piperidine rings is 1. The number of carbonyl (C=O) groups excluding carboxylic acids is 1. The SMILES string of the molecule is CC1CCCN(CCNC(=O)c2ccoc2)C1. The van der Waals surface area contributed by atoms with E-state index in [1.54, 1.807) is 6.07 Å². The summed E-state index contributed by atoms with van der Waals surface area (Å²) in [4.78, 5) is 14.0. The highest BCUT2D eigenvalue weighted by Crippen LogP contribution is 2.14. The van der Waals surface area contributed by atoms with E-state index in [1.807, 2.05) is 0 Å². The molecule has 1 amide bonds. The van der Waals surface area contributed by atoms with Crippen LogP contribution in [0.1, 0.15) is 30.1 Å². The molecule has 94 valence electrons. The Morgan fingerprint density at radius 1 is 1.65 bits per heavy atom. The molecule has 0 aliphatic carbocycles. The van der Waals surface area contributed by atoms with E-state index in [1.165, 1.54) is 25.4 Å². The van der Waals surface area contributed by atoms with Gasteiger partial charge in [-0.15, -0.1) is 0 Å². The van der Waals surface area contributed by atoms with E-state index < -0.39 is 0 Å². The minimum atomic E-state index is -0.0520. The zero-order chi connectivity index (χ0) is 12.1. The molecule has 1 aromatic rings. The monoisotopic (exact) mass is 236 g/mol. The molecule has 1 fully saturated rings. The van der Waals surface area contributed by atoms with Crippen molar-refractivity contribution < 1.29 is 9.21 Å². The lowest BCUT2D eigenvalue weighted by atomic mass is 10.0. The van der Waals surface area contributed by atoms with Gasteiger partial charge in [0.25, 0.3) is 5.91 Å². The Morgan fingerprint density at radius 3 is 3.24 bits per heavy atom. The number of nitrogens with zero attached hydrogens (tertiary/aromatic N) is 1. The minimum absolute atomic E-state index is 0.0520. The number of hydrogen-bond donors (Lipinski definition) is 1. The summed E-state index contributed by atoms with van der Waals surface area (Å²) < 4.78 is 4.87. The van der Waals surface area contributed by atoms with Gasteiger partial charge >= 0.3 is 0 Å². The third-order valence-corrected chi connectivity index (χ3v) is 3.24. The smallest absolute Gasteiger partial charge is 0.254 e. The van der Waals surface area contributed by atoms with Gasteiger partial charge in [-0.1, -0.05) is 6.92 Å². The lowest BCUT2D eigenvalue weighted by Crippen LogP contribution is -2.40. The minimum Gasteiger partial charge on any atom is -0.472 e. The van der Waals surface area contributed by atoms with Gasteiger partial charge in [0, 0.05) is 19.6 Å². The van der Waals surface area contributed by atoms with Crippen LogP contribution in [0.2, 0.25) is 0 Å². The van der Waals surface area contributed by atoms with E-state index in [0.717, 1.165) is 25.6 Å². The molecule has 1 unspecified atom stereocenters. The second-order valence-electron chi connectivity index (χ2n) is 4.82. The molecule has 0 bridgehead atoms. The Morgan fingerprint density at radius 2 is 2.53 bits per heavy atom. The van der Waals surface area contributed by atoms with Crippen molar-refractivity contribution in [3.8, 4) is 0 Å². The number of furan rings is 1. The number of carbonyl (C=O) groups is 1. The largest absolute Gasteiger partial charge is 0.472 e. The molecule has 4 heteroatoms. The first kappa shape index (κ1) is 12.2. The van der Waals surface area contributed by atoms with Crippen molar-refractivity contribution in [2.24, 2.45) is 5.92 Å². The molecule has 1 aliphatic rings. The predicted octanol–water partition coefficient (Wildman–Crippen LogP) is 1.74. The van der Waals surface area contributed by atoms with Gasteiger partial charge < -0.3 is 14.6 Å². The maximum atomic E-state index is 11.6.